The molecule has 1 aliphatic rings. The van der Waals surface area contributed by atoms with E-state index < -0.39 is 30.0 Å². The fraction of sp³-hybridized carbons (Fsp3) is 0.0769. The van der Waals surface area contributed by atoms with Crippen molar-refractivity contribution in [2.75, 3.05) is 0 Å². The minimum atomic E-state index is -4.70. The van der Waals surface area contributed by atoms with E-state index in [9.17, 15) is 25.9 Å². The number of aromatic nitrogens is 3. The molecule has 12 heteroatoms. The topological polar surface area (TPSA) is 139 Å². The van der Waals surface area contributed by atoms with Crippen LogP contribution in [0.5, 0.6) is 0 Å². The monoisotopic (exact) mass is 547 g/mol. The predicted octanol–water partition coefficient (Wildman–Crippen LogP) is 3.35. The average molecular weight is 547 g/mol. The van der Waals surface area contributed by atoms with Crippen LogP contribution < -0.4 is 5.46 Å². The van der Waals surface area contributed by atoms with Crippen molar-refractivity contribution in [1.29, 1.82) is 0 Å². The second-order valence-electron chi connectivity index (χ2n) is 8.52. The Balaban J connectivity index is 1.77. The van der Waals surface area contributed by atoms with Gasteiger partial charge in [-0.25, -0.2) is 0 Å². The molecule has 3 aromatic rings. The molecule has 9 nitrogen and oxygen atoms in total. The molecule has 1 heterocycles. The zero-order chi connectivity index (χ0) is 27.7. The van der Waals surface area contributed by atoms with Crippen molar-refractivity contribution >= 4 is 51.8 Å². The lowest BCUT2D eigenvalue weighted by atomic mass is 9.95. The standard InChI is InChI=1S/C26H22BN3O6S2/c1-17-3-4-18(2)6-14-24-23(13-5-17)28-30(29-24)22-12-10-20(26(16-22)38(34,35)36)8-7-19-9-11-21(27)15-25(19)37(31,32)33/h3-13,15-16H,1,14H2,2H3,(H,31,32,33)(H,34,35,36)/b4-3-,8-7+,13-5?,18-6-. The molecule has 0 amide bonds. The van der Waals surface area contributed by atoms with Gasteiger partial charge in [0.1, 0.15) is 23.3 Å². The van der Waals surface area contributed by atoms with Gasteiger partial charge in [-0.15, -0.1) is 5.10 Å². The molecular formula is C26H22BN3O6S2. The van der Waals surface area contributed by atoms with Crippen molar-refractivity contribution in [3.63, 3.8) is 0 Å². The van der Waals surface area contributed by atoms with E-state index in [1.807, 2.05) is 25.2 Å². The lowest BCUT2D eigenvalue weighted by Crippen LogP contribution is -2.09. The van der Waals surface area contributed by atoms with E-state index in [1.54, 1.807) is 18.2 Å². The lowest BCUT2D eigenvalue weighted by molar-refractivity contribution is 0.480. The SMILES string of the molecule is [B]c1ccc(/C=C/c2ccc(-n3nc4c(n3)C/C=C(C)\C=C/C(=C)C=C4)cc2S(=O)(=O)O)c(S(=O)(=O)O)c1. The molecule has 1 aliphatic carbocycles. The van der Waals surface area contributed by atoms with Gasteiger partial charge in [0.25, 0.3) is 20.2 Å². The Morgan fingerprint density at radius 3 is 2.16 bits per heavy atom. The van der Waals surface area contributed by atoms with Crippen molar-refractivity contribution in [1.82, 2.24) is 15.0 Å². The number of fused-ring (bicyclic) bond motifs is 1. The summed E-state index contributed by atoms with van der Waals surface area (Å²) in [6.07, 6.45) is 12.4. The van der Waals surface area contributed by atoms with E-state index in [0.29, 0.717) is 17.8 Å². The summed E-state index contributed by atoms with van der Waals surface area (Å²) in [5, 5.41) is 8.97. The number of nitrogens with zero attached hydrogens (tertiary/aromatic N) is 3. The first-order valence-electron chi connectivity index (χ1n) is 11.2. The molecule has 38 heavy (non-hydrogen) atoms. The summed E-state index contributed by atoms with van der Waals surface area (Å²) in [6.45, 7) is 5.91. The Labute approximate surface area is 222 Å². The number of hydrogen-bond acceptors (Lipinski definition) is 6. The highest BCUT2D eigenvalue weighted by molar-refractivity contribution is 7.86. The zero-order valence-corrected chi connectivity index (χ0v) is 21.8. The van der Waals surface area contributed by atoms with Crippen LogP contribution in [0.3, 0.4) is 0 Å². The molecule has 0 unspecified atom stereocenters. The van der Waals surface area contributed by atoms with E-state index in [-0.39, 0.29) is 22.3 Å². The average Bonchev–Trinajstić information content (AvgIpc) is 3.26. The molecule has 1 aromatic heterocycles. The molecule has 0 spiro atoms. The zero-order valence-electron chi connectivity index (χ0n) is 20.2. The smallest absolute Gasteiger partial charge is 0.282 e. The maximum absolute atomic E-state index is 12.2. The van der Waals surface area contributed by atoms with Gasteiger partial charge in [-0.05, 0) is 47.9 Å². The molecule has 0 aliphatic heterocycles. The van der Waals surface area contributed by atoms with Gasteiger partial charge in [0, 0.05) is 6.42 Å². The molecule has 2 N–H and O–H groups in total. The van der Waals surface area contributed by atoms with Gasteiger partial charge in [0.15, 0.2) is 0 Å². The van der Waals surface area contributed by atoms with Gasteiger partial charge in [-0.1, -0.05) is 72.3 Å². The molecule has 0 saturated heterocycles. The van der Waals surface area contributed by atoms with Gasteiger partial charge in [0.2, 0.25) is 0 Å². The summed E-state index contributed by atoms with van der Waals surface area (Å²) in [7, 11) is -3.67. The van der Waals surface area contributed by atoms with Crippen LogP contribution in [0.4, 0.5) is 0 Å². The van der Waals surface area contributed by atoms with E-state index in [4.69, 9.17) is 7.85 Å². The second-order valence-corrected chi connectivity index (χ2v) is 11.3. The van der Waals surface area contributed by atoms with Crippen molar-refractivity contribution < 1.29 is 25.9 Å². The Morgan fingerprint density at radius 2 is 1.50 bits per heavy atom. The van der Waals surface area contributed by atoms with E-state index in [0.717, 1.165) is 17.2 Å². The van der Waals surface area contributed by atoms with E-state index in [1.165, 1.54) is 41.2 Å². The quantitative estimate of drug-likeness (QED) is 0.282. The Hall–Kier alpha value is -3.84. The van der Waals surface area contributed by atoms with Crippen LogP contribution in [0.25, 0.3) is 23.9 Å². The molecule has 4 rings (SSSR count). The molecule has 2 aromatic carbocycles. The summed E-state index contributed by atoms with van der Waals surface area (Å²) in [5.74, 6) is 0. The fourth-order valence-electron chi connectivity index (χ4n) is 3.64. The molecule has 192 valence electrons. The van der Waals surface area contributed by atoms with Gasteiger partial charge in [-0.3, -0.25) is 9.11 Å². The third-order valence-corrected chi connectivity index (χ3v) is 7.43. The normalized spacial score (nSPS) is 16.7. The molecule has 0 fully saturated rings. The molecule has 0 saturated carbocycles. The third kappa shape index (κ3) is 6.35. The minimum Gasteiger partial charge on any atom is -0.282 e. The number of allylic oxidation sites excluding steroid dienone is 6. The Kier molecular flexibility index (Phi) is 7.52. The maximum atomic E-state index is 12.2. The summed E-state index contributed by atoms with van der Waals surface area (Å²) in [4.78, 5) is 0.376. The van der Waals surface area contributed by atoms with Gasteiger partial charge in [-0.2, -0.15) is 26.7 Å². The van der Waals surface area contributed by atoms with Crippen molar-refractivity contribution in [3.8, 4) is 5.69 Å². The van der Waals surface area contributed by atoms with E-state index >= 15 is 0 Å². The molecule has 0 bridgehead atoms. The van der Waals surface area contributed by atoms with Crippen LogP contribution >= 0.6 is 0 Å². The van der Waals surface area contributed by atoms with Crippen molar-refractivity contribution in [2.24, 2.45) is 0 Å². The van der Waals surface area contributed by atoms with Crippen LogP contribution in [-0.2, 0) is 26.7 Å². The number of benzene rings is 2. The summed E-state index contributed by atoms with van der Waals surface area (Å²) >= 11 is 0. The third-order valence-electron chi connectivity index (χ3n) is 5.61. The first-order valence-corrected chi connectivity index (χ1v) is 14.0. The number of hydrogen-bond donors (Lipinski definition) is 2. The van der Waals surface area contributed by atoms with Gasteiger partial charge >= 0.3 is 0 Å². The molecular weight excluding hydrogens is 525 g/mol. The predicted molar refractivity (Wildman–Crippen MR) is 147 cm³/mol. The van der Waals surface area contributed by atoms with Gasteiger partial charge in [0.05, 0.1) is 11.4 Å². The van der Waals surface area contributed by atoms with E-state index in [2.05, 4.69) is 16.8 Å². The second kappa shape index (κ2) is 10.5. The number of rotatable bonds is 5. The van der Waals surface area contributed by atoms with Crippen LogP contribution in [0.1, 0.15) is 29.4 Å². The van der Waals surface area contributed by atoms with Crippen LogP contribution in [0, 0.1) is 0 Å². The summed E-state index contributed by atoms with van der Waals surface area (Å²) in [5.41, 5.74) is 3.53. The Morgan fingerprint density at radius 1 is 0.895 bits per heavy atom. The molecule has 0 atom stereocenters. The minimum absolute atomic E-state index is 0.0636. The van der Waals surface area contributed by atoms with Crippen LogP contribution in [0.15, 0.2) is 88.2 Å². The fourth-order valence-corrected chi connectivity index (χ4v) is 5.07. The first kappa shape index (κ1) is 27.2. The van der Waals surface area contributed by atoms with Crippen LogP contribution in [0.2, 0.25) is 0 Å². The maximum Gasteiger partial charge on any atom is 0.295 e. The highest BCUT2D eigenvalue weighted by atomic mass is 32.2. The highest BCUT2D eigenvalue weighted by Gasteiger charge is 2.19. The molecule has 2 radical (unpaired) electrons. The largest absolute Gasteiger partial charge is 0.295 e. The highest BCUT2D eigenvalue weighted by Crippen LogP contribution is 2.24. The Bertz CT molecular complexity index is 1780. The first-order chi connectivity index (χ1) is 17.8. The van der Waals surface area contributed by atoms with Crippen molar-refractivity contribution in [3.05, 3.63) is 101 Å². The lowest BCUT2D eigenvalue weighted by Gasteiger charge is -2.08. The van der Waals surface area contributed by atoms with Crippen molar-refractivity contribution in [2.45, 2.75) is 23.1 Å². The summed E-state index contributed by atoms with van der Waals surface area (Å²) in [6, 6.07) is 8.05. The van der Waals surface area contributed by atoms with Crippen LogP contribution in [-0.4, -0.2) is 48.8 Å². The van der Waals surface area contributed by atoms with Gasteiger partial charge < -0.3 is 0 Å². The summed E-state index contributed by atoms with van der Waals surface area (Å²) < 4.78 is 67.4.